The number of hydrogen-bond acceptors (Lipinski definition) is 7. The van der Waals surface area contributed by atoms with Gasteiger partial charge in [-0.05, 0) is 55.3 Å². The number of anilines is 1. The molecule has 0 fully saturated rings. The van der Waals surface area contributed by atoms with Crippen LogP contribution in [-0.4, -0.2) is 27.2 Å². The second-order valence-electron chi connectivity index (χ2n) is 8.61. The Morgan fingerprint density at radius 3 is 2.22 bits per heavy atom. The van der Waals surface area contributed by atoms with Gasteiger partial charge in [-0.1, -0.05) is 18.2 Å². The predicted octanol–water partition coefficient (Wildman–Crippen LogP) is 6.10. The van der Waals surface area contributed by atoms with E-state index in [1.54, 1.807) is 18.2 Å². The van der Waals surface area contributed by atoms with Gasteiger partial charge in [0, 0.05) is 28.0 Å². The molecular weight excluding hydrogens is 474 g/mol. The molecule has 0 saturated heterocycles. The molecule has 0 bridgehead atoms. The van der Waals surface area contributed by atoms with Crippen LogP contribution in [0.3, 0.4) is 0 Å². The molecule has 1 N–H and O–H groups in total. The summed E-state index contributed by atoms with van der Waals surface area (Å²) >= 11 is 0. The first kappa shape index (κ1) is 24.0. The van der Waals surface area contributed by atoms with Gasteiger partial charge in [-0.3, -0.25) is 4.79 Å². The lowest BCUT2D eigenvalue weighted by molar-refractivity contribution is 0.102. The third-order valence-corrected chi connectivity index (χ3v) is 6.18. The molecule has 0 unspecified atom stereocenters. The maximum absolute atomic E-state index is 13.5. The largest absolute Gasteiger partial charge is 0.493 e. The maximum Gasteiger partial charge on any atom is 0.336 e. The number of rotatable bonds is 6. The smallest absolute Gasteiger partial charge is 0.336 e. The van der Waals surface area contributed by atoms with Crippen LogP contribution >= 0.6 is 0 Å². The van der Waals surface area contributed by atoms with Crippen LogP contribution in [0, 0.1) is 13.8 Å². The van der Waals surface area contributed by atoms with E-state index in [4.69, 9.17) is 23.0 Å². The Bertz CT molecular complexity index is 1700. The van der Waals surface area contributed by atoms with Crippen molar-refractivity contribution in [3.63, 3.8) is 0 Å². The molecular formula is C29H25NO7. The summed E-state index contributed by atoms with van der Waals surface area (Å²) in [5, 5.41) is 4.38. The molecule has 3 aromatic carbocycles. The second kappa shape index (κ2) is 9.39. The van der Waals surface area contributed by atoms with E-state index in [1.165, 1.54) is 27.4 Å². The minimum absolute atomic E-state index is 0.287. The molecule has 0 atom stereocenters. The number of methoxy groups -OCH3 is 3. The van der Waals surface area contributed by atoms with E-state index in [-0.39, 0.29) is 5.56 Å². The van der Waals surface area contributed by atoms with Gasteiger partial charge in [0.2, 0.25) is 5.75 Å². The molecule has 1 amide bonds. The molecule has 8 heteroatoms. The van der Waals surface area contributed by atoms with Crippen molar-refractivity contribution < 1.29 is 27.8 Å². The van der Waals surface area contributed by atoms with Gasteiger partial charge in [-0.2, -0.15) is 0 Å². The number of fused-ring (bicyclic) bond motifs is 2. The second-order valence-corrected chi connectivity index (χ2v) is 8.61. The highest BCUT2D eigenvalue weighted by atomic mass is 16.5. The number of hydrogen-bond donors (Lipinski definition) is 1. The van der Waals surface area contributed by atoms with E-state index in [0.717, 1.165) is 11.1 Å². The molecule has 0 aliphatic rings. The number of aryl methyl sites for hydroxylation is 2. The van der Waals surface area contributed by atoms with Crippen molar-refractivity contribution in [3.8, 4) is 28.6 Å². The van der Waals surface area contributed by atoms with E-state index in [2.05, 4.69) is 5.32 Å². The fourth-order valence-corrected chi connectivity index (χ4v) is 4.56. The number of furan rings is 1. The summed E-state index contributed by atoms with van der Waals surface area (Å²) in [5.41, 5.74) is 3.58. The fraction of sp³-hybridized carbons (Fsp3) is 0.172. The van der Waals surface area contributed by atoms with E-state index >= 15 is 0 Å². The molecule has 2 heterocycles. The van der Waals surface area contributed by atoms with Crippen LogP contribution in [0.15, 0.2) is 68.2 Å². The molecule has 0 radical (unpaired) electrons. The van der Waals surface area contributed by atoms with E-state index < -0.39 is 11.5 Å². The van der Waals surface area contributed by atoms with Gasteiger partial charge in [-0.25, -0.2) is 4.79 Å². The van der Waals surface area contributed by atoms with Crippen molar-refractivity contribution in [2.24, 2.45) is 0 Å². The summed E-state index contributed by atoms with van der Waals surface area (Å²) in [6.45, 7) is 3.85. The van der Waals surface area contributed by atoms with Gasteiger partial charge in [0.15, 0.2) is 17.3 Å². The Morgan fingerprint density at radius 1 is 0.838 bits per heavy atom. The Morgan fingerprint density at radius 2 is 1.54 bits per heavy atom. The monoisotopic (exact) mass is 499 g/mol. The van der Waals surface area contributed by atoms with Crippen molar-refractivity contribution in [2.75, 3.05) is 26.6 Å². The molecule has 37 heavy (non-hydrogen) atoms. The van der Waals surface area contributed by atoms with Crippen molar-refractivity contribution in [3.05, 3.63) is 81.7 Å². The summed E-state index contributed by atoms with van der Waals surface area (Å²) in [6, 6.07) is 15.7. The third-order valence-electron chi connectivity index (χ3n) is 6.18. The molecule has 0 aliphatic carbocycles. The molecule has 5 rings (SSSR count). The average molecular weight is 500 g/mol. The molecule has 0 spiro atoms. The van der Waals surface area contributed by atoms with Gasteiger partial charge in [0.25, 0.3) is 5.91 Å². The minimum atomic E-state index is -0.517. The first-order valence-corrected chi connectivity index (χ1v) is 11.5. The number of para-hydroxylation sites is 1. The van der Waals surface area contributed by atoms with Crippen molar-refractivity contribution in [2.45, 2.75) is 13.8 Å². The van der Waals surface area contributed by atoms with Crippen LogP contribution in [0.25, 0.3) is 33.3 Å². The van der Waals surface area contributed by atoms with Crippen LogP contribution in [0.4, 0.5) is 5.69 Å². The van der Waals surface area contributed by atoms with Crippen molar-refractivity contribution in [1.82, 2.24) is 0 Å². The molecule has 188 valence electrons. The summed E-state index contributed by atoms with van der Waals surface area (Å²) < 4.78 is 27.9. The fourth-order valence-electron chi connectivity index (χ4n) is 4.56. The van der Waals surface area contributed by atoms with Gasteiger partial charge < -0.3 is 28.4 Å². The van der Waals surface area contributed by atoms with Gasteiger partial charge in [-0.15, -0.1) is 0 Å². The van der Waals surface area contributed by atoms with Crippen LogP contribution in [0.2, 0.25) is 0 Å². The molecule has 8 nitrogen and oxygen atoms in total. The first-order valence-electron chi connectivity index (χ1n) is 11.5. The van der Waals surface area contributed by atoms with Crippen LogP contribution in [-0.2, 0) is 0 Å². The lowest BCUT2D eigenvalue weighted by atomic mass is 10.0. The highest BCUT2D eigenvalue weighted by Gasteiger charge is 2.24. The zero-order chi connectivity index (χ0) is 26.3. The number of carbonyl (C=O) groups excluding carboxylic acids is 1. The lowest BCUT2D eigenvalue weighted by Gasteiger charge is -2.14. The highest BCUT2D eigenvalue weighted by molar-refractivity contribution is 6.13. The van der Waals surface area contributed by atoms with Gasteiger partial charge in [0.1, 0.15) is 11.2 Å². The Hall–Kier alpha value is -4.72. The van der Waals surface area contributed by atoms with E-state index in [0.29, 0.717) is 56.2 Å². The average Bonchev–Trinajstić information content (AvgIpc) is 3.25. The van der Waals surface area contributed by atoms with E-state index in [1.807, 2.05) is 44.2 Å². The first-order chi connectivity index (χ1) is 17.8. The molecule has 0 aliphatic heterocycles. The van der Waals surface area contributed by atoms with Crippen LogP contribution < -0.4 is 25.2 Å². The maximum atomic E-state index is 13.5. The highest BCUT2D eigenvalue weighted by Crippen LogP contribution is 2.42. The topological polar surface area (TPSA) is 100 Å². The zero-order valence-electron chi connectivity index (χ0n) is 21.1. The summed E-state index contributed by atoms with van der Waals surface area (Å²) in [7, 11) is 4.46. The van der Waals surface area contributed by atoms with E-state index in [9.17, 15) is 9.59 Å². The summed E-state index contributed by atoms with van der Waals surface area (Å²) in [4.78, 5) is 26.1. The summed E-state index contributed by atoms with van der Waals surface area (Å²) in [5.74, 6) is 1.00. The number of carbonyl (C=O) groups is 1. The normalized spacial score (nSPS) is 11.1. The van der Waals surface area contributed by atoms with Gasteiger partial charge in [0.05, 0.1) is 27.0 Å². The summed E-state index contributed by atoms with van der Waals surface area (Å²) in [6.07, 6.45) is 0. The van der Waals surface area contributed by atoms with Crippen molar-refractivity contribution >= 4 is 33.5 Å². The van der Waals surface area contributed by atoms with Crippen LogP contribution in [0.1, 0.15) is 21.5 Å². The number of nitrogens with one attached hydrogen (secondary N) is 1. The Kier molecular flexibility index (Phi) is 6.09. The standard InChI is InChI=1S/C29H25NO7/c1-15-10-16(2)26-19(11-15)20(14-24(31)37-26)27-25(18-8-6-7-9-21(18)36-27)30-29(32)17-12-22(33-3)28(35-5)23(13-17)34-4/h6-14H,1-5H3,(H,30,32). The molecule has 2 aromatic heterocycles. The van der Waals surface area contributed by atoms with Crippen LogP contribution in [0.5, 0.6) is 17.2 Å². The van der Waals surface area contributed by atoms with Crippen molar-refractivity contribution in [1.29, 1.82) is 0 Å². The number of amides is 1. The Balaban J connectivity index is 1.71. The minimum Gasteiger partial charge on any atom is -0.493 e. The number of ether oxygens (including phenoxy) is 3. The third kappa shape index (κ3) is 4.16. The van der Waals surface area contributed by atoms with Gasteiger partial charge >= 0.3 is 5.63 Å². The lowest BCUT2D eigenvalue weighted by Crippen LogP contribution is -2.13. The molecule has 0 saturated carbocycles. The number of benzene rings is 3. The molecule has 5 aromatic rings. The quantitative estimate of drug-likeness (QED) is 0.282. The SMILES string of the molecule is COc1cc(C(=O)Nc2c(-c3cc(=O)oc4c(C)cc(C)cc34)oc3ccccc23)cc(OC)c1OC. The zero-order valence-corrected chi connectivity index (χ0v) is 21.1. The predicted molar refractivity (Wildman–Crippen MR) is 141 cm³/mol. The Labute approximate surface area is 212 Å².